The summed E-state index contributed by atoms with van der Waals surface area (Å²) in [5, 5.41) is 3.38. The lowest BCUT2D eigenvalue weighted by Gasteiger charge is -2.21. The molecule has 3 rings (SSSR count). The average Bonchev–Trinajstić information content (AvgIpc) is 3.25. The highest BCUT2D eigenvalue weighted by molar-refractivity contribution is 7.14. The van der Waals surface area contributed by atoms with E-state index in [1.807, 2.05) is 25.1 Å². The van der Waals surface area contributed by atoms with Crippen molar-refractivity contribution < 1.29 is 14.3 Å². The highest BCUT2D eigenvalue weighted by Crippen LogP contribution is 2.32. The zero-order valence-corrected chi connectivity index (χ0v) is 17.4. The number of primary amides is 1. The second-order valence-corrected chi connectivity index (χ2v) is 7.27. The maximum atomic E-state index is 11.2. The number of nitrogens with zero attached hydrogens (tertiary/aromatic N) is 2. The Hall–Kier alpha value is -3.06. The van der Waals surface area contributed by atoms with E-state index in [4.69, 9.17) is 15.2 Å². The minimum absolute atomic E-state index is 0.337. The molecule has 2 aromatic heterocycles. The van der Waals surface area contributed by atoms with Crippen LogP contribution in [-0.4, -0.2) is 30.6 Å². The lowest BCUT2D eigenvalue weighted by Crippen LogP contribution is -2.24. The van der Waals surface area contributed by atoms with Crippen molar-refractivity contribution in [1.29, 1.82) is 0 Å². The summed E-state index contributed by atoms with van der Waals surface area (Å²) in [6.07, 6.45) is 2.30. The summed E-state index contributed by atoms with van der Waals surface area (Å²) < 4.78 is 11.6. The van der Waals surface area contributed by atoms with E-state index in [2.05, 4.69) is 34.3 Å². The van der Waals surface area contributed by atoms with Gasteiger partial charge in [0.2, 0.25) is 11.8 Å². The third-order valence-corrected chi connectivity index (χ3v) is 5.34. The number of pyridine rings is 1. The molecule has 0 saturated carbocycles. The van der Waals surface area contributed by atoms with E-state index in [0.717, 1.165) is 19.5 Å². The fourth-order valence-electron chi connectivity index (χ4n) is 2.90. The van der Waals surface area contributed by atoms with Gasteiger partial charge < -0.3 is 20.1 Å². The van der Waals surface area contributed by atoms with E-state index in [-0.39, 0.29) is 0 Å². The van der Waals surface area contributed by atoms with Crippen LogP contribution in [0.25, 0.3) is 0 Å². The van der Waals surface area contributed by atoms with Gasteiger partial charge in [-0.05, 0) is 61.5 Å². The smallest absolute Gasteiger partial charge is 0.250 e. The summed E-state index contributed by atoms with van der Waals surface area (Å²) in [5.74, 6) is 1.11. The summed E-state index contributed by atoms with van der Waals surface area (Å²) in [4.78, 5) is 17.7. The van der Waals surface area contributed by atoms with Gasteiger partial charge in [0.15, 0.2) is 11.5 Å². The molecule has 0 radical (unpaired) electrons. The van der Waals surface area contributed by atoms with Gasteiger partial charge in [-0.15, -0.1) is 11.3 Å². The molecule has 0 unspecified atom stereocenters. The molecule has 2 N–H and O–H groups in total. The zero-order valence-electron chi connectivity index (χ0n) is 16.6. The van der Waals surface area contributed by atoms with Crippen molar-refractivity contribution >= 4 is 22.2 Å². The van der Waals surface area contributed by atoms with Crippen LogP contribution in [0.15, 0.2) is 54.0 Å². The van der Waals surface area contributed by atoms with Gasteiger partial charge in [0.25, 0.3) is 0 Å². The zero-order chi connectivity index (χ0) is 20.6. The van der Waals surface area contributed by atoms with Crippen LogP contribution < -0.4 is 20.1 Å². The van der Waals surface area contributed by atoms with Crippen molar-refractivity contribution in [3.8, 4) is 17.4 Å². The largest absolute Gasteiger partial charge is 0.490 e. The summed E-state index contributed by atoms with van der Waals surface area (Å²) in [5.41, 5.74) is 6.76. The van der Waals surface area contributed by atoms with Crippen LogP contribution in [-0.2, 0) is 6.42 Å². The molecule has 0 aliphatic heterocycles. The van der Waals surface area contributed by atoms with E-state index >= 15 is 0 Å². The van der Waals surface area contributed by atoms with Crippen LogP contribution in [0.2, 0.25) is 0 Å². The first-order chi connectivity index (χ1) is 14.1. The Kier molecular flexibility index (Phi) is 7.08. The number of hydrogen-bond donors (Lipinski definition) is 1. The molecule has 1 aromatic carbocycles. The van der Waals surface area contributed by atoms with Crippen LogP contribution in [0.4, 0.5) is 5.00 Å². The molecule has 0 bridgehead atoms. The van der Waals surface area contributed by atoms with Crippen LogP contribution >= 0.6 is 11.3 Å². The van der Waals surface area contributed by atoms with Gasteiger partial charge >= 0.3 is 0 Å². The van der Waals surface area contributed by atoms with E-state index in [0.29, 0.717) is 29.5 Å². The number of benzene rings is 1. The molecule has 0 spiro atoms. The molecule has 0 fully saturated rings. The topological polar surface area (TPSA) is 77.7 Å². The molecular weight excluding hydrogens is 386 g/mol. The van der Waals surface area contributed by atoms with Crippen LogP contribution in [0.1, 0.15) is 29.8 Å². The monoisotopic (exact) mass is 411 g/mol. The van der Waals surface area contributed by atoms with E-state index in [9.17, 15) is 4.79 Å². The Labute approximate surface area is 174 Å². The van der Waals surface area contributed by atoms with Gasteiger partial charge in [-0.1, -0.05) is 6.07 Å². The van der Waals surface area contributed by atoms with Gasteiger partial charge in [-0.2, -0.15) is 0 Å². The normalized spacial score (nSPS) is 10.6. The number of carbonyl (C=O) groups excluding carboxylic acids is 1. The molecule has 152 valence electrons. The molecule has 0 aliphatic carbocycles. The van der Waals surface area contributed by atoms with Crippen LogP contribution in [0.3, 0.4) is 0 Å². The summed E-state index contributed by atoms with van der Waals surface area (Å²) in [6.45, 7) is 6.53. The number of hydrogen-bond acceptors (Lipinski definition) is 6. The summed E-state index contributed by atoms with van der Waals surface area (Å²) >= 11 is 1.75. The molecule has 7 heteroatoms. The number of rotatable bonds is 10. The number of anilines is 1. The van der Waals surface area contributed by atoms with Crippen molar-refractivity contribution in [3.05, 3.63) is 65.2 Å². The molecular formula is C22H25N3O3S. The Bertz CT molecular complexity index is 927. The van der Waals surface area contributed by atoms with Crippen LogP contribution in [0, 0.1) is 0 Å². The fourth-order valence-corrected chi connectivity index (χ4v) is 3.72. The van der Waals surface area contributed by atoms with Crippen LogP contribution in [0.5, 0.6) is 17.4 Å². The highest BCUT2D eigenvalue weighted by Gasteiger charge is 2.11. The first-order valence-electron chi connectivity index (χ1n) is 9.58. The Balaban J connectivity index is 1.71. The Morgan fingerprint density at radius 3 is 2.66 bits per heavy atom. The maximum Gasteiger partial charge on any atom is 0.250 e. The van der Waals surface area contributed by atoms with Crippen molar-refractivity contribution in [1.82, 2.24) is 4.98 Å². The molecule has 2 heterocycles. The molecule has 0 saturated heterocycles. The number of aromatic nitrogens is 1. The first kappa shape index (κ1) is 20.7. The molecule has 0 aliphatic rings. The number of likely N-dealkylation sites (N-methyl/N-ethyl adjacent to an activating group) is 1. The van der Waals surface area contributed by atoms with Gasteiger partial charge in [-0.25, -0.2) is 4.98 Å². The van der Waals surface area contributed by atoms with Gasteiger partial charge in [0.05, 0.1) is 17.2 Å². The molecule has 29 heavy (non-hydrogen) atoms. The fraction of sp³-hybridized carbons (Fsp3) is 0.273. The van der Waals surface area contributed by atoms with E-state index < -0.39 is 5.91 Å². The third kappa shape index (κ3) is 5.48. The quantitative estimate of drug-likeness (QED) is 0.531. The summed E-state index contributed by atoms with van der Waals surface area (Å²) in [6, 6.07) is 13.4. The SMILES string of the molecule is CCOc1cc(CCN(CC)c2cccs2)ccc1Oc1ccc(C(N)=O)cn1. The number of amides is 1. The van der Waals surface area contributed by atoms with Gasteiger partial charge in [0, 0.05) is 25.4 Å². The minimum Gasteiger partial charge on any atom is -0.490 e. The third-order valence-electron chi connectivity index (χ3n) is 4.41. The summed E-state index contributed by atoms with van der Waals surface area (Å²) in [7, 11) is 0. The molecule has 3 aromatic rings. The second kappa shape index (κ2) is 9.93. The van der Waals surface area contributed by atoms with Crippen molar-refractivity contribution in [3.63, 3.8) is 0 Å². The number of nitrogens with two attached hydrogens (primary N) is 1. The Morgan fingerprint density at radius 1 is 1.17 bits per heavy atom. The predicted molar refractivity (Wildman–Crippen MR) is 116 cm³/mol. The van der Waals surface area contributed by atoms with Crippen molar-refractivity contribution in [2.45, 2.75) is 20.3 Å². The van der Waals surface area contributed by atoms with Gasteiger partial charge in [-0.3, -0.25) is 4.79 Å². The standard InChI is InChI=1S/C22H25N3O3S/c1-3-25(21-6-5-13-29-21)12-11-16-7-9-18(19(14-16)27-4-2)28-20-10-8-17(15-24-20)22(23)26/h5-10,13-15H,3-4,11-12H2,1-2H3,(H2,23,26). The number of ether oxygens (including phenoxy) is 2. The van der Waals surface area contributed by atoms with Crippen molar-refractivity contribution in [2.75, 3.05) is 24.6 Å². The number of carbonyl (C=O) groups is 1. The minimum atomic E-state index is -0.521. The average molecular weight is 412 g/mol. The first-order valence-corrected chi connectivity index (χ1v) is 10.5. The highest BCUT2D eigenvalue weighted by atomic mass is 32.1. The lowest BCUT2D eigenvalue weighted by atomic mass is 10.1. The van der Waals surface area contributed by atoms with Crippen molar-refractivity contribution in [2.24, 2.45) is 5.73 Å². The van der Waals surface area contributed by atoms with E-state index in [1.54, 1.807) is 23.5 Å². The maximum absolute atomic E-state index is 11.2. The predicted octanol–water partition coefficient (Wildman–Crippen LogP) is 4.50. The molecule has 0 atom stereocenters. The van der Waals surface area contributed by atoms with Gasteiger partial charge in [0.1, 0.15) is 0 Å². The number of thiophene rings is 1. The lowest BCUT2D eigenvalue weighted by molar-refractivity contribution is 0.1000. The molecule has 6 nitrogen and oxygen atoms in total. The Morgan fingerprint density at radius 2 is 2.03 bits per heavy atom. The second-order valence-electron chi connectivity index (χ2n) is 6.35. The molecule has 1 amide bonds. The van der Waals surface area contributed by atoms with E-state index in [1.165, 1.54) is 16.8 Å².